The third-order valence-corrected chi connectivity index (χ3v) is 3.21. The minimum Gasteiger partial charge on any atom is -0.491 e. The maximum atomic E-state index is 10.3. The van der Waals surface area contributed by atoms with Gasteiger partial charge in [-0.3, -0.25) is 0 Å². The van der Waals surface area contributed by atoms with Crippen molar-refractivity contribution >= 4 is 6.29 Å². The summed E-state index contributed by atoms with van der Waals surface area (Å²) in [5, 5.41) is 0. The molecular weight excluding hydrogens is 256 g/mol. The van der Waals surface area contributed by atoms with Crippen LogP contribution in [0.25, 0.3) is 0 Å². The fourth-order valence-electron chi connectivity index (χ4n) is 2.18. The van der Waals surface area contributed by atoms with Gasteiger partial charge < -0.3 is 19.0 Å². The molecular formula is C16H22O4. The molecule has 0 saturated carbocycles. The van der Waals surface area contributed by atoms with Gasteiger partial charge in [0, 0.05) is 6.42 Å². The van der Waals surface area contributed by atoms with Gasteiger partial charge in [-0.25, -0.2) is 0 Å². The molecule has 0 aromatic heterocycles. The van der Waals surface area contributed by atoms with E-state index in [-0.39, 0.29) is 6.10 Å². The molecule has 0 spiro atoms. The van der Waals surface area contributed by atoms with E-state index in [0.717, 1.165) is 24.9 Å². The molecule has 0 bridgehead atoms. The predicted octanol–water partition coefficient (Wildman–Crippen LogP) is 2.74. The van der Waals surface area contributed by atoms with Gasteiger partial charge in [0.1, 0.15) is 24.7 Å². The third kappa shape index (κ3) is 4.62. The number of unbranched alkanes of at least 4 members (excludes halogenated alkanes) is 1. The van der Waals surface area contributed by atoms with Crippen molar-refractivity contribution in [1.82, 2.24) is 0 Å². The van der Waals surface area contributed by atoms with Crippen LogP contribution >= 0.6 is 0 Å². The lowest BCUT2D eigenvalue weighted by atomic mass is 10.1. The highest BCUT2D eigenvalue weighted by atomic mass is 16.7. The average Bonchev–Trinajstić information content (AvgIpc) is 2.78. The lowest BCUT2D eigenvalue weighted by Gasteiger charge is -2.17. The van der Waals surface area contributed by atoms with Gasteiger partial charge in [-0.15, -0.1) is 0 Å². The molecule has 1 aromatic carbocycles. The molecule has 4 heteroatoms. The third-order valence-electron chi connectivity index (χ3n) is 3.21. The van der Waals surface area contributed by atoms with E-state index < -0.39 is 5.79 Å². The first kappa shape index (κ1) is 15.0. The van der Waals surface area contributed by atoms with Crippen LogP contribution in [0, 0.1) is 0 Å². The van der Waals surface area contributed by atoms with Crippen LogP contribution in [-0.4, -0.2) is 31.4 Å². The van der Waals surface area contributed by atoms with Crippen molar-refractivity contribution < 1.29 is 19.0 Å². The lowest BCUT2D eigenvalue weighted by Crippen LogP contribution is -2.25. The summed E-state index contributed by atoms with van der Waals surface area (Å²) in [6, 6.07) is 7.99. The first-order valence-electron chi connectivity index (χ1n) is 7.06. The molecule has 4 nitrogen and oxygen atoms in total. The second kappa shape index (κ2) is 6.86. The van der Waals surface area contributed by atoms with Crippen LogP contribution in [-0.2, 0) is 20.7 Å². The maximum absolute atomic E-state index is 10.3. The molecule has 110 valence electrons. The van der Waals surface area contributed by atoms with Crippen molar-refractivity contribution in [1.29, 1.82) is 0 Å². The zero-order chi connectivity index (χ0) is 14.4. The van der Waals surface area contributed by atoms with Crippen LogP contribution in [0.1, 0.15) is 32.3 Å². The van der Waals surface area contributed by atoms with E-state index in [1.54, 1.807) is 0 Å². The van der Waals surface area contributed by atoms with Crippen LogP contribution in [0.4, 0.5) is 0 Å². The molecule has 1 aliphatic heterocycles. The Morgan fingerprint density at radius 3 is 2.70 bits per heavy atom. The topological polar surface area (TPSA) is 44.8 Å². The number of aryl methyl sites for hydroxylation is 1. The summed E-state index contributed by atoms with van der Waals surface area (Å²) < 4.78 is 16.9. The Kier molecular flexibility index (Phi) is 5.15. The zero-order valence-corrected chi connectivity index (χ0v) is 12.1. The van der Waals surface area contributed by atoms with Crippen molar-refractivity contribution in [2.24, 2.45) is 0 Å². The minimum absolute atomic E-state index is 0.0164. The molecule has 1 unspecified atom stereocenters. The first-order chi connectivity index (χ1) is 9.59. The molecule has 1 saturated heterocycles. The van der Waals surface area contributed by atoms with Crippen LogP contribution < -0.4 is 4.74 Å². The Hall–Kier alpha value is -1.39. The fourth-order valence-corrected chi connectivity index (χ4v) is 2.18. The van der Waals surface area contributed by atoms with E-state index in [9.17, 15) is 4.79 Å². The molecule has 1 aromatic rings. The smallest absolute Gasteiger partial charge is 0.163 e. The van der Waals surface area contributed by atoms with E-state index in [0.29, 0.717) is 19.6 Å². The largest absolute Gasteiger partial charge is 0.491 e. The Morgan fingerprint density at radius 1 is 1.35 bits per heavy atom. The maximum Gasteiger partial charge on any atom is 0.163 e. The normalized spacial score (nSPS) is 20.8. The van der Waals surface area contributed by atoms with Crippen molar-refractivity contribution in [2.75, 3.05) is 13.2 Å². The van der Waals surface area contributed by atoms with Gasteiger partial charge in [0.2, 0.25) is 0 Å². The van der Waals surface area contributed by atoms with E-state index in [1.165, 1.54) is 5.56 Å². The summed E-state index contributed by atoms with van der Waals surface area (Å²) in [6.45, 7) is 4.87. The van der Waals surface area contributed by atoms with Gasteiger partial charge >= 0.3 is 0 Å². The van der Waals surface area contributed by atoms with E-state index in [4.69, 9.17) is 14.2 Å². The fraction of sp³-hybridized carbons (Fsp3) is 0.562. The van der Waals surface area contributed by atoms with Crippen molar-refractivity contribution in [2.45, 2.75) is 45.0 Å². The average molecular weight is 278 g/mol. The van der Waals surface area contributed by atoms with Gasteiger partial charge in [-0.1, -0.05) is 12.1 Å². The van der Waals surface area contributed by atoms with E-state index >= 15 is 0 Å². The number of hydrogen-bond donors (Lipinski definition) is 0. The second-order valence-electron chi connectivity index (χ2n) is 5.46. The Morgan fingerprint density at radius 2 is 2.10 bits per heavy atom. The Labute approximate surface area is 120 Å². The molecule has 1 atom stereocenters. The molecule has 0 radical (unpaired) electrons. The molecule has 2 rings (SSSR count). The summed E-state index contributed by atoms with van der Waals surface area (Å²) in [7, 11) is 0. The standard InChI is InChI=1S/C16H22O4/c1-16(2)19-12-15(20-16)11-18-14-8-6-13(7-9-14)5-3-4-10-17/h6-10,15H,3-5,11-12H2,1-2H3. The van der Waals surface area contributed by atoms with Gasteiger partial charge in [0.25, 0.3) is 0 Å². The highest BCUT2D eigenvalue weighted by Gasteiger charge is 2.32. The predicted molar refractivity (Wildman–Crippen MR) is 75.8 cm³/mol. The van der Waals surface area contributed by atoms with Crippen LogP contribution in [0.15, 0.2) is 24.3 Å². The molecule has 1 fully saturated rings. The molecule has 1 heterocycles. The van der Waals surface area contributed by atoms with Crippen molar-refractivity contribution in [3.63, 3.8) is 0 Å². The lowest BCUT2D eigenvalue weighted by molar-refractivity contribution is -0.141. The number of carbonyl (C=O) groups is 1. The first-order valence-corrected chi connectivity index (χ1v) is 7.06. The van der Waals surface area contributed by atoms with Crippen molar-refractivity contribution in [3.8, 4) is 5.75 Å². The SMILES string of the molecule is CC1(C)OCC(COc2ccc(CCCC=O)cc2)O1. The minimum atomic E-state index is -0.504. The van der Waals surface area contributed by atoms with Gasteiger partial charge in [-0.2, -0.15) is 0 Å². The number of hydrogen-bond acceptors (Lipinski definition) is 4. The molecule has 1 aliphatic rings. The molecule has 0 N–H and O–H groups in total. The number of rotatable bonds is 7. The van der Waals surface area contributed by atoms with Crippen LogP contribution in [0.5, 0.6) is 5.75 Å². The molecule has 0 amide bonds. The summed E-state index contributed by atoms with van der Waals surface area (Å²) in [6.07, 6.45) is 3.38. The summed E-state index contributed by atoms with van der Waals surface area (Å²) in [4.78, 5) is 10.3. The van der Waals surface area contributed by atoms with Crippen LogP contribution in [0.3, 0.4) is 0 Å². The van der Waals surface area contributed by atoms with Crippen molar-refractivity contribution in [3.05, 3.63) is 29.8 Å². The number of ether oxygens (including phenoxy) is 3. The molecule has 20 heavy (non-hydrogen) atoms. The van der Waals surface area contributed by atoms with E-state index in [2.05, 4.69) is 0 Å². The monoisotopic (exact) mass is 278 g/mol. The summed E-state index contributed by atoms with van der Waals surface area (Å²) in [5.74, 6) is 0.327. The quantitative estimate of drug-likeness (QED) is 0.568. The summed E-state index contributed by atoms with van der Waals surface area (Å²) >= 11 is 0. The zero-order valence-electron chi connectivity index (χ0n) is 12.1. The summed E-state index contributed by atoms with van der Waals surface area (Å²) in [5.41, 5.74) is 1.22. The Bertz CT molecular complexity index is 425. The van der Waals surface area contributed by atoms with E-state index in [1.807, 2.05) is 38.1 Å². The van der Waals surface area contributed by atoms with Crippen LogP contribution in [0.2, 0.25) is 0 Å². The van der Waals surface area contributed by atoms with Gasteiger partial charge in [0.05, 0.1) is 6.61 Å². The van der Waals surface area contributed by atoms with Gasteiger partial charge in [-0.05, 0) is 44.4 Å². The number of aldehydes is 1. The number of carbonyl (C=O) groups excluding carboxylic acids is 1. The molecule has 0 aliphatic carbocycles. The number of benzene rings is 1. The Balaban J connectivity index is 1.75. The van der Waals surface area contributed by atoms with Gasteiger partial charge in [0.15, 0.2) is 5.79 Å². The second-order valence-corrected chi connectivity index (χ2v) is 5.46. The highest BCUT2D eigenvalue weighted by molar-refractivity contribution is 5.49. The highest BCUT2D eigenvalue weighted by Crippen LogP contribution is 2.23.